The minimum atomic E-state index is -0.480. The van der Waals surface area contributed by atoms with Crippen LogP contribution < -0.4 is 5.73 Å². The maximum Gasteiger partial charge on any atom is 0.130 e. The van der Waals surface area contributed by atoms with Crippen LogP contribution in [0.5, 0.6) is 0 Å². The number of likely N-dealkylation sites (tertiary alicyclic amines) is 1. The molecule has 1 heterocycles. The summed E-state index contributed by atoms with van der Waals surface area (Å²) in [5, 5.41) is 0. The van der Waals surface area contributed by atoms with Crippen LogP contribution in [0.4, 0.5) is 8.78 Å². The Morgan fingerprint density at radius 1 is 1.28 bits per heavy atom. The molecule has 1 saturated heterocycles. The first-order valence-corrected chi connectivity index (χ1v) is 6.43. The summed E-state index contributed by atoms with van der Waals surface area (Å²) < 4.78 is 27.0. The number of rotatable bonds is 3. The van der Waals surface area contributed by atoms with E-state index < -0.39 is 11.6 Å². The predicted molar refractivity (Wildman–Crippen MR) is 71.1 cm³/mol. The second-order valence-electron chi connectivity index (χ2n) is 4.65. The number of nitrogens with zero attached hydrogens (tertiary/aromatic N) is 1. The van der Waals surface area contributed by atoms with E-state index in [0.29, 0.717) is 11.5 Å². The Bertz CT molecular complexity index is 422. The summed E-state index contributed by atoms with van der Waals surface area (Å²) >= 11 is 4.96. The van der Waals surface area contributed by atoms with Gasteiger partial charge in [-0.15, -0.1) is 0 Å². The molecule has 1 aromatic carbocycles. The molecule has 1 aromatic rings. The molecule has 2 N–H and O–H groups in total. The van der Waals surface area contributed by atoms with Crippen LogP contribution >= 0.6 is 12.2 Å². The van der Waals surface area contributed by atoms with Gasteiger partial charge in [0.2, 0.25) is 0 Å². The van der Waals surface area contributed by atoms with Gasteiger partial charge in [-0.3, -0.25) is 4.90 Å². The van der Waals surface area contributed by atoms with Crippen molar-refractivity contribution in [2.24, 2.45) is 11.7 Å². The van der Waals surface area contributed by atoms with Crippen LogP contribution in [-0.4, -0.2) is 23.0 Å². The van der Waals surface area contributed by atoms with Gasteiger partial charge in [0.15, 0.2) is 0 Å². The quantitative estimate of drug-likeness (QED) is 0.856. The molecule has 1 fully saturated rings. The molecule has 18 heavy (non-hydrogen) atoms. The van der Waals surface area contributed by atoms with Gasteiger partial charge >= 0.3 is 0 Å². The Kier molecular flexibility index (Phi) is 4.24. The number of benzene rings is 1. The second kappa shape index (κ2) is 5.71. The molecule has 2 nitrogen and oxygen atoms in total. The molecule has 0 unspecified atom stereocenters. The first-order chi connectivity index (χ1) is 8.58. The van der Waals surface area contributed by atoms with Crippen molar-refractivity contribution >= 4 is 17.2 Å². The molecule has 1 aliphatic heterocycles. The van der Waals surface area contributed by atoms with Crippen LogP contribution in [-0.2, 0) is 6.54 Å². The Balaban J connectivity index is 1.98. The van der Waals surface area contributed by atoms with Gasteiger partial charge in [0.25, 0.3) is 0 Å². The van der Waals surface area contributed by atoms with Crippen molar-refractivity contribution in [1.29, 1.82) is 0 Å². The van der Waals surface area contributed by atoms with Crippen molar-refractivity contribution in [2.75, 3.05) is 13.1 Å². The number of thiocarbonyl (C=S) groups is 1. The van der Waals surface area contributed by atoms with Crippen molar-refractivity contribution < 1.29 is 8.78 Å². The normalized spacial score (nSPS) is 17.9. The number of hydrogen-bond donors (Lipinski definition) is 1. The second-order valence-corrected chi connectivity index (χ2v) is 5.12. The summed E-state index contributed by atoms with van der Waals surface area (Å²) in [6.07, 6.45) is 1.73. The monoisotopic (exact) mass is 270 g/mol. The minimum absolute atomic E-state index is 0.145. The molecule has 0 aliphatic carbocycles. The van der Waals surface area contributed by atoms with Crippen LogP contribution in [0.1, 0.15) is 18.4 Å². The SMILES string of the molecule is NC(=S)C1CCN(Cc2c(F)cccc2F)CC1. The number of nitrogens with two attached hydrogens (primary N) is 1. The van der Waals surface area contributed by atoms with E-state index >= 15 is 0 Å². The molecule has 0 aromatic heterocycles. The average Bonchev–Trinajstić information content (AvgIpc) is 2.34. The van der Waals surface area contributed by atoms with E-state index in [2.05, 4.69) is 0 Å². The van der Waals surface area contributed by atoms with E-state index in [-0.39, 0.29) is 11.5 Å². The van der Waals surface area contributed by atoms with Crippen LogP contribution in [0.15, 0.2) is 18.2 Å². The fraction of sp³-hybridized carbons (Fsp3) is 0.462. The van der Waals surface area contributed by atoms with Crippen LogP contribution in [0.25, 0.3) is 0 Å². The Morgan fingerprint density at radius 2 is 1.83 bits per heavy atom. The number of piperidine rings is 1. The van der Waals surface area contributed by atoms with Crippen molar-refractivity contribution in [2.45, 2.75) is 19.4 Å². The van der Waals surface area contributed by atoms with Crippen LogP contribution in [0.2, 0.25) is 0 Å². The molecule has 0 radical (unpaired) electrons. The maximum atomic E-state index is 13.5. The Morgan fingerprint density at radius 3 is 2.33 bits per heavy atom. The standard InChI is InChI=1S/C13H16F2N2S/c14-11-2-1-3-12(15)10(11)8-17-6-4-9(5-7-17)13(16)18/h1-3,9H,4-8H2,(H2,16,18). The third-order valence-corrected chi connectivity index (χ3v) is 3.77. The van der Waals surface area contributed by atoms with Crippen molar-refractivity contribution in [3.63, 3.8) is 0 Å². The van der Waals surface area contributed by atoms with Crippen LogP contribution in [0.3, 0.4) is 0 Å². The molecule has 0 bridgehead atoms. The lowest BCUT2D eigenvalue weighted by molar-refractivity contribution is 0.197. The third-order valence-electron chi connectivity index (χ3n) is 3.43. The summed E-state index contributed by atoms with van der Waals surface area (Å²) in [5.41, 5.74) is 5.75. The molecule has 0 atom stereocenters. The molecule has 0 spiro atoms. The molecular weight excluding hydrogens is 254 g/mol. The van der Waals surface area contributed by atoms with Gasteiger partial charge in [-0.05, 0) is 38.1 Å². The summed E-state index contributed by atoms with van der Waals surface area (Å²) in [7, 11) is 0. The lowest BCUT2D eigenvalue weighted by Gasteiger charge is -2.31. The van der Waals surface area contributed by atoms with E-state index in [1.165, 1.54) is 18.2 Å². The van der Waals surface area contributed by atoms with Gasteiger partial charge in [-0.25, -0.2) is 8.78 Å². The lowest BCUT2D eigenvalue weighted by atomic mass is 9.96. The zero-order valence-electron chi connectivity index (χ0n) is 10.0. The lowest BCUT2D eigenvalue weighted by Crippen LogP contribution is -2.37. The van der Waals surface area contributed by atoms with Gasteiger partial charge < -0.3 is 5.73 Å². The van der Waals surface area contributed by atoms with Gasteiger partial charge in [0, 0.05) is 18.0 Å². The minimum Gasteiger partial charge on any atom is -0.393 e. The highest BCUT2D eigenvalue weighted by atomic mass is 32.1. The summed E-state index contributed by atoms with van der Waals surface area (Å²) in [6, 6.07) is 3.97. The summed E-state index contributed by atoms with van der Waals surface area (Å²) in [4.78, 5) is 2.59. The average molecular weight is 270 g/mol. The highest BCUT2D eigenvalue weighted by molar-refractivity contribution is 7.80. The van der Waals surface area contributed by atoms with Crippen molar-refractivity contribution in [3.05, 3.63) is 35.4 Å². The number of halogens is 2. The molecule has 0 saturated carbocycles. The van der Waals surface area contributed by atoms with Gasteiger partial charge in [-0.2, -0.15) is 0 Å². The zero-order valence-corrected chi connectivity index (χ0v) is 10.9. The molecule has 2 rings (SSSR count). The summed E-state index contributed by atoms with van der Waals surface area (Å²) in [6.45, 7) is 1.86. The van der Waals surface area contributed by atoms with E-state index in [1.807, 2.05) is 4.90 Å². The summed E-state index contributed by atoms with van der Waals surface area (Å²) in [5.74, 6) is -0.695. The van der Waals surface area contributed by atoms with Gasteiger partial charge in [0.05, 0.1) is 4.99 Å². The van der Waals surface area contributed by atoms with E-state index in [4.69, 9.17) is 18.0 Å². The van der Waals surface area contributed by atoms with Crippen molar-refractivity contribution in [1.82, 2.24) is 4.90 Å². The molecule has 0 amide bonds. The number of hydrogen-bond acceptors (Lipinski definition) is 2. The largest absolute Gasteiger partial charge is 0.393 e. The predicted octanol–water partition coefficient (Wildman–Crippen LogP) is 2.46. The Labute approximate surface area is 111 Å². The van der Waals surface area contributed by atoms with Gasteiger partial charge in [-0.1, -0.05) is 18.3 Å². The van der Waals surface area contributed by atoms with Crippen LogP contribution in [0, 0.1) is 17.6 Å². The van der Waals surface area contributed by atoms with E-state index in [1.54, 1.807) is 0 Å². The highest BCUT2D eigenvalue weighted by Gasteiger charge is 2.22. The molecule has 5 heteroatoms. The fourth-order valence-corrected chi connectivity index (χ4v) is 2.52. The first kappa shape index (κ1) is 13.4. The van der Waals surface area contributed by atoms with Crippen molar-refractivity contribution in [3.8, 4) is 0 Å². The van der Waals surface area contributed by atoms with E-state index in [0.717, 1.165) is 25.9 Å². The smallest absolute Gasteiger partial charge is 0.130 e. The molecular formula is C13H16F2N2S. The highest BCUT2D eigenvalue weighted by Crippen LogP contribution is 2.21. The molecule has 98 valence electrons. The zero-order chi connectivity index (χ0) is 13.1. The Hall–Kier alpha value is -1.07. The third kappa shape index (κ3) is 3.03. The first-order valence-electron chi connectivity index (χ1n) is 6.02. The topological polar surface area (TPSA) is 29.3 Å². The molecule has 1 aliphatic rings. The van der Waals surface area contributed by atoms with E-state index in [9.17, 15) is 8.78 Å². The fourth-order valence-electron chi connectivity index (χ4n) is 2.28. The maximum absolute atomic E-state index is 13.5. The van der Waals surface area contributed by atoms with Gasteiger partial charge in [0.1, 0.15) is 11.6 Å².